The predicted molar refractivity (Wildman–Crippen MR) is 67.8 cm³/mol. The van der Waals surface area contributed by atoms with E-state index < -0.39 is 0 Å². The van der Waals surface area contributed by atoms with E-state index in [1.807, 2.05) is 26.0 Å². The van der Waals surface area contributed by atoms with Crippen LogP contribution in [0, 0.1) is 6.92 Å². The van der Waals surface area contributed by atoms with Gasteiger partial charge in [0.15, 0.2) is 11.5 Å². The number of aliphatic hydroxyl groups excluding tert-OH is 1. The first-order valence-corrected chi connectivity index (χ1v) is 5.74. The molecule has 0 saturated carbocycles. The van der Waals surface area contributed by atoms with Gasteiger partial charge in [0, 0.05) is 0 Å². The Morgan fingerprint density at radius 1 is 1.24 bits per heavy atom. The zero-order valence-electron chi connectivity index (χ0n) is 10.9. The van der Waals surface area contributed by atoms with Crippen molar-refractivity contribution < 1.29 is 14.6 Å². The van der Waals surface area contributed by atoms with Crippen molar-refractivity contribution in [3.05, 3.63) is 23.3 Å². The molecule has 0 heterocycles. The lowest BCUT2D eigenvalue weighted by atomic mass is 10.0. The van der Waals surface area contributed by atoms with Crippen LogP contribution in [0.2, 0.25) is 0 Å². The summed E-state index contributed by atoms with van der Waals surface area (Å²) in [6.45, 7) is 4.87. The van der Waals surface area contributed by atoms with E-state index in [0.717, 1.165) is 17.7 Å². The molecule has 1 aromatic carbocycles. The molecule has 0 amide bonds. The Morgan fingerprint density at radius 3 is 2.29 bits per heavy atom. The fourth-order valence-electron chi connectivity index (χ4n) is 1.89. The molecule has 17 heavy (non-hydrogen) atoms. The van der Waals surface area contributed by atoms with Gasteiger partial charge in [-0.1, -0.05) is 6.92 Å². The quantitative estimate of drug-likeness (QED) is 0.792. The molecular formula is C13H21NO3. The summed E-state index contributed by atoms with van der Waals surface area (Å²) >= 11 is 0. The van der Waals surface area contributed by atoms with Gasteiger partial charge < -0.3 is 19.9 Å². The summed E-state index contributed by atoms with van der Waals surface area (Å²) < 4.78 is 10.5. The molecule has 0 radical (unpaired) electrons. The first kappa shape index (κ1) is 13.8. The van der Waals surface area contributed by atoms with Gasteiger partial charge in [-0.05, 0) is 36.7 Å². The third-order valence-electron chi connectivity index (χ3n) is 2.78. The Balaban J connectivity index is 3.14. The lowest BCUT2D eigenvalue weighted by Gasteiger charge is -2.20. The van der Waals surface area contributed by atoms with E-state index in [9.17, 15) is 5.11 Å². The largest absolute Gasteiger partial charge is 0.493 e. The maximum Gasteiger partial charge on any atom is 0.161 e. The Labute approximate surface area is 103 Å². The molecule has 2 N–H and O–H groups in total. The zero-order chi connectivity index (χ0) is 12.8. The normalized spacial score (nSPS) is 12.3. The van der Waals surface area contributed by atoms with Crippen LogP contribution in [0.25, 0.3) is 0 Å². The molecular weight excluding hydrogens is 218 g/mol. The van der Waals surface area contributed by atoms with E-state index in [2.05, 4.69) is 5.32 Å². The third kappa shape index (κ3) is 3.11. The molecule has 4 nitrogen and oxygen atoms in total. The number of rotatable bonds is 6. The van der Waals surface area contributed by atoms with Gasteiger partial charge in [-0.15, -0.1) is 0 Å². The summed E-state index contributed by atoms with van der Waals surface area (Å²) in [4.78, 5) is 0. The first-order valence-electron chi connectivity index (χ1n) is 5.74. The molecule has 1 rings (SSSR count). The van der Waals surface area contributed by atoms with Crippen LogP contribution in [0.5, 0.6) is 11.5 Å². The van der Waals surface area contributed by atoms with Crippen LogP contribution >= 0.6 is 0 Å². The number of hydrogen-bond acceptors (Lipinski definition) is 4. The first-order chi connectivity index (χ1) is 8.17. The summed E-state index contributed by atoms with van der Waals surface area (Å²) in [6.07, 6.45) is 0. The van der Waals surface area contributed by atoms with Crippen molar-refractivity contribution in [3.63, 3.8) is 0 Å². The fourth-order valence-corrected chi connectivity index (χ4v) is 1.89. The van der Waals surface area contributed by atoms with E-state index >= 15 is 0 Å². The van der Waals surface area contributed by atoms with Crippen LogP contribution in [0.4, 0.5) is 0 Å². The molecule has 0 aromatic heterocycles. The van der Waals surface area contributed by atoms with E-state index in [-0.39, 0.29) is 12.6 Å². The van der Waals surface area contributed by atoms with Crippen LogP contribution in [0.1, 0.15) is 24.1 Å². The summed E-state index contributed by atoms with van der Waals surface area (Å²) in [7, 11) is 3.23. The molecule has 0 aliphatic heterocycles. The number of ether oxygens (including phenoxy) is 2. The van der Waals surface area contributed by atoms with Crippen molar-refractivity contribution in [1.29, 1.82) is 0 Å². The minimum Gasteiger partial charge on any atom is -0.493 e. The highest BCUT2D eigenvalue weighted by Gasteiger charge is 2.15. The molecule has 0 fully saturated rings. The number of methoxy groups -OCH3 is 2. The highest BCUT2D eigenvalue weighted by molar-refractivity contribution is 5.48. The lowest BCUT2D eigenvalue weighted by Crippen LogP contribution is -2.24. The standard InChI is InChI=1S/C13H21NO3/c1-5-14-11(8-15)10-7-13(17-4)12(16-3)6-9(10)2/h6-7,11,14-15H,5,8H2,1-4H3. The zero-order valence-corrected chi connectivity index (χ0v) is 10.9. The highest BCUT2D eigenvalue weighted by Crippen LogP contribution is 2.32. The SMILES string of the molecule is CCNC(CO)c1cc(OC)c(OC)cc1C. The van der Waals surface area contributed by atoms with Crippen LogP contribution < -0.4 is 14.8 Å². The predicted octanol–water partition coefficient (Wildman–Crippen LogP) is 1.66. The molecule has 0 aliphatic rings. The molecule has 96 valence electrons. The minimum atomic E-state index is -0.0696. The van der Waals surface area contributed by atoms with Gasteiger partial charge in [0.1, 0.15) is 0 Å². The molecule has 1 aromatic rings. The van der Waals surface area contributed by atoms with Crippen molar-refractivity contribution in [1.82, 2.24) is 5.32 Å². The van der Waals surface area contributed by atoms with Crippen molar-refractivity contribution in [2.24, 2.45) is 0 Å². The van der Waals surface area contributed by atoms with E-state index in [4.69, 9.17) is 9.47 Å². The van der Waals surface area contributed by atoms with Crippen LogP contribution in [0.15, 0.2) is 12.1 Å². The van der Waals surface area contributed by atoms with E-state index in [0.29, 0.717) is 11.5 Å². The molecule has 4 heteroatoms. The van der Waals surface area contributed by atoms with Gasteiger partial charge in [0.25, 0.3) is 0 Å². The van der Waals surface area contributed by atoms with Crippen molar-refractivity contribution >= 4 is 0 Å². The number of nitrogens with one attached hydrogen (secondary N) is 1. The summed E-state index contributed by atoms with van der Waals surface area (Å²) in [5.74, 6) is 1.39. The highest BCUT2D eigenvalue weighted by atomic mass is 16.5. The second-order valence-corrected chi connectivity index (χ2v) is 3.86. The van der Waals surface area contributed by atoms with Crippen LogP contribution in [-0.4, -0.2) is 32.5 Å². The number of hydrogen-bond donors (Lipinski definition) is 2. The number of likely N-dealkylation sites (N-methyl/N-ethyl adjacent to an activating group) is 1. The molecule has 0 saturated heterocycles. The van der Waals surface area contributed by atoms with Gasteiger partial charge in [0.2, 0.25) is 0 Å². The van der Waals surface area contributed by atoms with E-state index in [1.165, 1.54) is 0 Å². The molecule has 1 atom stereocenters. The van der Waals surface area contributed by atoms with Gasteiger partial charge in [-0.2, -0.15) is 0 Å². The van der Waals surface area contributed by atoms with Crippen molar-refractivity contribution in [2.45, 2.75) is 19.9 Å². The minimum absolute atomic E-state index is 0.0597. The third-order valence-corrected chi connectivity index (χ3v) is 2.78. The van der Waals surface area contributed by atoms with Crippen molar-refractivity contribution in [2.75, 3.05) is 27.4 Å². The summed E-state index contributed by atoms with van der Waals surface area (Å²) in [5.41, 5.74) is 2.11. The van der Waals surface area contributed by atoms with Gasteiger partial charge in [-0.3, -0.25) is 0 Å². The molecule has 1 unspecified atom stereocenters. The Hall–Kier alpha value is -1.26. The molecule has 0 bridgehead atoms. The number of benzene rings is 1. The van der Waals surface area contributed by atoms with Gasteiger partial charge >= 0.3 is 0 Å². The fraction of sp³-hybridized carbons (Fsp3) is 0.538. The second-order valence-electron chi connectivity index (χ2n) is 3.86. The van der Waals surface area contributed by atoms with E-state index in [1.54, 1.807) is 14.2 Å². The van der Waals surface area contributed by atoms with Crippen LogP contribution in [-0.2, 0) is 0 Å². The van der Waals surface area contributed by atoms with Crippen molar-refractivity contribution in [3.8, 4) is 11.5 Å². The molecule has 0 aliphatic carbocycles. The molecule has 0 spiro atoms. The maximum absolute atomic E-state index is 9.39. The summed E-state index contributed by atoms with van der Waals surface area (Å²) in [5, 5.41) is 12.6. The topological polar surface area (TPSA) is 50.7 Å². The smallest absolute Gasteiger partial charge is 0.161 e. The Bertz CT molecular complexity index is 366. The Kier molecular flexibility index (Phi) is 5.25. The van der Waals surface area contributed by atoms with Gasteiger partial charge in [-0.25, -0.2) is 0 Å². The monoisotopic (exact) mass is 239 g/mol. The van der Waals surface area contributed by atoms with Crippen LogP contribution in [0.3, 0.4) is 0 Å². The average Bonchev–Trinajstić information content (AvgIpc) is 2.36. The maximum atomic E-state index is 9.39. The lowest BCUT2D eigenvalue weighted by molar-refractivity contribution is 0.245. The summed E-state index contributed by atoms with van der Waals surface area (Å²) in [6, 6.07) is 3.77. The average molecular weight is 239 g/mol. The number of aliphatic hydroxyl groups is 1. The van der Waals surface area contributed by atoms with Gasteiger partial charge in [0.05, 0.1) is 26.9 Å². The number of aryl methyl sites for hydroxylation is 1. The Morgan fingerprint density at radius 2 is 1.82 bits per heavy atom. The second kappa shape index (κ2) is 6.47.